The number of likely N-dealkylation sites (N-methyl/N-ethyl adjacent to an activating group) is 1. The second-order valence-electron chi connectivity index (χ2n) is 7.02. The van der Waals surface area contributed by atoms with Gasteiger partial charge in [0.15, 0.2) is 17.5 Å². The summed E-state index contributed by atoms with van der Waals surface area (Å²) < 4.78 is 16.0. The molecule has 0 aromatic heterocycles. The fourth-order valence-corrected chi connectivity index (χ4v) is 3.10. The highest BCUT2D eigenvalue weighted by atomic mass is 16.5. The summed E-state index contributed by atoms with van der Waals surface area (Å²) in [6.07, 6.45) is 0. The lowest BCUT2D eigenvalue weighted by atomic mass is 10.1. The van der Waals surface area contributed by atoms with Crippen LogP contribution in [0.1, 0.15) is 24.1 Å². The highest BCUT2D eigenvalue weighted by Gasteiger charge is 2.17. The first-order chi connectivity index (χ1) is 14.5. The van der Waals surface area contributed by atoms with Gasteiger partial charge in [-0.25, -0.2) is 4.99 Å². The van der Waals surface area contributed by atoms with Crippen molar-refractivity contribution in [1.29, 1.82) is 0 Å². The van der Waals surface area contributed by atoms with E-state index in [1.165, 1.54) is 0 Å². The highest BCUT2D eigenvalue weighted by Crippen LogP contribution is 2.31. The summed E-state index contributed by atoms with van der Waals surface area (Å²) in [4.78, 5) is 6.88. The Morgan fingerprint density at radius 3 is 2.20 bits per heavy atom. The van der Waals surface area contributed by atoms with Crippen molar-refractivity contribution in [2.45, 2.75) is 19.5 Å². The average molecular weight is 415 g/mol. The Morgan fingerprint density at radius 1 is 0.933 bits per heavy atom. The first kappa shape index (κ1) is 23.3. The van der Waals surface area contributed by atoms with Crippen LogP contribution in [0.3, 0.4) is 0 Å². The van der Waals surface area contributed by atoms with E-state index in [-0.39, 0.29) is 6.04 Å². The summed E-state index contributed by atoms with van der Waals surface area (Å²) in [6.45, 7) is 4.12. The molecule has 0 fully saturated rings. The molecule has 0 aliphatic rings. The number of aliphatic imine (C=N–C) groups is 1. The molecule has 164 valence electrons. The Morgan fingerprint density at radius 2 is 1.63 bits per heavy atom. The largest absolute Gasteiger partial charge is 0.497 e. The SMILES string of the molecule is CCNC(=NCc1ccc(OC)cc1)NCC(c1ccc(OC)c(OC)c1)N(C)C. The molecule has 0 bridgehead atoms. The zero-order chi connectivity index (χ0) is 21.9. The lowest BCUT2D eigenvalue weighted by molar-refractivity contribution is 0.295. The Bertz CT molecular complexity index is 807. The minimum Gasteiger partial charge on any atom is -0.497 e. The van der Waals surface area contributed by atoms with Crippen LogP contribution in [-0.2, 0) is 6.54 Å². The van der Waals surface area contributed by atoms with Gasteiger partial charge in [0.05, 0.1) is 33.9 Å². The summed E-state index contributed by atoms with van der Waals surface area (Å²) in [5.41, 5.74) is 2.26. The van der Waals surface area contributed by atoms with Crippen molar-refractivity contribution in [3.8, 4) is 17.2 Å². The van der Waals surface area contributed by atoms with Crippen LogP contribution in [0.4, 0.5) is 0 Å². The van der Waals surface area contributed by atoms with Crippen LogP contribution in [0, 0.1) is 0 Å². The molecule has 0 spiro atoms. The smallest absolute Gasteiger partial charge is 0.191 e. The predicted octanol–water partition coefficient (Wildman–Crippen LogP) is 3.07. The van der Waals surface area contributed by atoms with Gasteiger partial charge in [-0.2, -0.15) is 0 Å². The van der Waals surface area contributed by atoms with Gasteiger partial charge in [0.25, 0.3) is 0 Å². The van der Waals surface area contributed by atoms with Gasteiger partial charge < -0.3 is 29.7 Å². The summed E-state index contributed by atoms with van der Waals surface area (Å²) in [7, 11) is 9.08. The second-order valence-corrected chi connectivity index (χ2v) is 7.02. The van der Waals surface area contributed by atoms with Gasteiger partial charge in [-0.1, -0.05) is 18.2 Å². The molecule has 2 aromatic rings. The van der Waals surface area contributed by atoms with E-state index < -0.39 is 0 Å². The van der Waals surface area contributed by atoms with Crippen LogP contribution < -0.4 is 24.8 Å². The molecular weight excluding hydrogens is 380 g/mol. The third kappa shape index (κ3) is 6.56. The molecule has 30 heavy (non-hydrogen) atoms. The predicted molar refractivity (Wildman–Crippen MR) is 122 cm³/mol. The van der Waals surface area contributed by atoms with Gasteiger partial charge in [0.2, 0.25) is 0 Å². The molecule has 2 N–H and O–H groups in total. The number of nitrogens with one attached hydrogen (secondary N) is 2. The van der Waals surface area contributed by atoms with Gasteiger partial charge in [-0.3, -0.25) is 0 Å². The number of ether oxygens (including phenoxy) is 3. The maximum atomic E-state index is 5.47. The lowest BCUT2D eigenvalue weighted by Crippen LogP contribution is -2.41. The number of hydrogen-bond acceptors (Lipinski definition) is 5. The molecule has 1 atom stereocenters. The molecule has 0 saturated carbocycles. The average Bonchev–Trinajstić information content (AvgIpc) is 2.77. The minimum atomic E-state index is 0.134. The van der Waals surface area contributed by atoms with Crippen molar-refractivity contribution >= 4 is 5.96 Å². The third-order valence-corrected chi connectivity index (χ3v) is 4.80. The van der Waals surface area contributed by atoms with E-state index in [1.807, 2.05) is 36.4 Å². The number of nitrogens with zero attached hydrogens (tertiary/aromatic N) is 2. The molecule has 0 aliphatic carbocycles. The fourth-order valence-electron chi connectivity index (χ4n) is 3.10. The van der Waals surface area contributed by atoms with E-state index >= 15 is 0 Å². The van der Waals surface area contributed by atoms with Crippen LogP contribution in [0.15, 0.2) is 47.5 Å². The third-order valence-electron chi connectivity index (χ3n) is 4.80. The topological polar surface area (TPSA) is 67.4 Å². The second kappa shape index (κ2) is 11.9. The monoisotopic (exact) mass is 414 g/mol. The van der Waals surface area contributed by atoms with Crippen LogP contribution >= 0.6 is 0 Å². The first-order valence-electron chi connectivity index (χ1n) is 10.1. The fraction of sp³-hybridized carbons (Fsp3) is 0.435. The van der Waals surface area contributed by atoms with Gasteiger partial charge in [-0.15, -0.1) is 0 Å². The van der Waals surface area contributed by atoms with Crippen molar-refractivity contribution in [2.75, 3.05) is 48.5 Å². The molecule has 7 heteroatoms. The molecule has 1 unspecified atom stereocenters. The van der Waals surface area contributed by atoms with Gasteiger partial charge in [0, 0.05) is 13.1 Å². The normalized spacial score (nSPS) is 12.4. The maximum Gasteiger partial charge on any atom is 0.191 e. The van der Waals surface area contributed by atoms with Crippen LogP contribution in [0.2, 0.25) is 0 Å². The minimum absolute atomic E-state index is 0.134. The van der Waals surface area contributed by atoms with Gasteiger partial charge in [0.1, 0.15) is 5.75 Å². The van der Waals surface area contributed by atoms with Crippen LogP contribution in [0.25, 0.3) is 0 Å². The zero-order valence-electron chi connectivity index (χ0n) is 18.9. The molecule has 7 nitrogen and oxygen atoms in total. The standard InChI is InChI=1S/C23H34N4O3/c1-7-24-23(25-15-17-8-11-19(28-4)12-9-17)26-16-20(27(2)3)18-10-13-21(29-5)22(14-18)30-6/h8-14,20H,7,15-16H2,1-6H3,(H2,24,25,26). The van der Waals surface area contributed by atoms with E-state index in [2.05, 4.69) is 42.6 Å². The lowest BCUT2D eigenvalue weighted by Gasteiger charge is -2.26. The van der Waals surface area contributed by atoms with Gasteiger partial charge >= 0.3 is 0 Å². The number of benzene rings is 2. The van der Waals surface area contributed by atoms with Crippen molar-refractivity contribution < 1.29 is 14.2 Å². The maximum absolute atomic E-state index is 5.47. The number of guanidine groups is 1. The summed E-state index contributed by atoms with van der Waals surface area (Å²) in [5.74, 6) is 3.07. The summed E-state index contributed by atoms with van der Waals surface area (Å²) >= 11 is 0. The van der Waals surface area contributed by atoms with E-state index in [0.717, 1.165) is 40.9 Å². The molecule has 0 radical (unpaired) electrons. The van der Waals surface area contributed by atoms with Gasteiger partial charge in [-0.05, 0) is 56.4 Å². The van der Waals surface area contributed by atoms with Crippen LogP contribution in [-0.4, -0.2) is 59.4 Å². The highest BCUT2D eigenvalue weighted by molar-refractivity contribution is 5.79. The Hall–Kier alpha value is -2.93. The van der Waals surface area contributed by atoms with Crippen LogP contribution in [0.5, 0.6) is 17.2 Å². The van der Waals surface area contributed by atoms with Crippen molar-refractivity contribution in [2.24, 2.45) is 4.99 Å². The number of rotatable bonds is 10. The van der Waals surface area contributed by atoms with E-state index in [0.29, 0.717) is 13.1 Å². The number of methoxy groups -OCH3 is 3. The van der Waals surface area contributed by atoms with E-state index in [9.17, 15) is 0 Å². The van der Waals surface area contributed by atoms with Crippen molar-refractivity contribution in [3.05, 3.63) is 53.6 Å². The summed E-state index contributed by atoms with van der Waals surface area (Å²) in [6, 6.07) is 14.1. The molecule has 0 heterocycles. The van der Waals surface area contributed by atoms with E-state index in [1.54, 1.807) is 21.3 Å². The molecule has 0 amide bonds. The molecule has 0 saturated heterocycles. The Labute approximate surface area is 180 Å². The van der Waals surface area contributed by atoms with E-state index in [4.69, 9.17) is 19.2 Å². The molecule has 0 aliphatic heterocycles. The molecule has 2 rings (SSSR count). The number of hydrogen-bond donors (Lipinski definition) is 2. The quantitative estimate of drug-likeness (QED) is 0.460. The van der Waals surface area contributed by atoms with Crippen molar-refractivity contribution in [1.82, 2.24) is 15.5 Å². The summed E-state index contributed by atoms with van der Waals surface area (Å²) in [5, 5.41) is 6.77. The molecule has 2 aromatic carbocycles. The Kier molecular flexibility index (Phi) is 9.28. The van der Waals surface area contributed by atoms with Crippen molar-refractivity contribution in [3.63, 3.8) is 0 Å². The zero-order valence-corrected chi connectivity index (χ0v) is 18.9. The molecular formula is C23H34N4O3. The Balaban J connectivity index is 2.10. The first-order valence-corrected chi connectivity index (χ1v) is 10.1.